The van der Waals surface area contributed by atoms with Gasteiger partial charge >= 0.3 is 0 Å². The largest absolute Gasteiger partial charge is 0.374 e. The van der Waals surface area contributed by atoms with Crippen molar-refractivity contribution in [3.05, 3.63) is 29.6 Å². The van der Waals surface area contributed by atoms with Crippen molar-refractivity contribution < 1.29 is 4.74 Å². The summed E-state index contributed by atoms with van der Waals surface area (Å²) in [5, 5.41) is 3.69. The summed E-state index contributed by atoms with van der Waals surface area (Å²) in [5.41, 5.74) is 2.73. The van der Waals surface area contributed by atoms with Gasteiger partial charge in [0.1, 0.15) is 0 Å². The summed E-state index contributed by atoms with van der Waals surface area (Å²) in [6, 6.07) is 4.67. The van der Waals surface area contributed by atoms with Crippen molar-refractivity contribution in [1.82, 2.24) is 15.2 Å². The summed E-state index contributed by atoms with van der Waals surface area (Å²) in [5.74, 6) is 0.478. The summed E-state index contributed by atoms with van der Waals surface area (Å²) in [7, 11) is 2.19. The van der Waals surface area contributed by atoms with E-state index in [0.717, 1.165) is 26.2 Å². The number of hydrogen-bond acceptors (Lipinski definition) is 4. The highest BCUT2D eigenvalue weighted by atomic mass is 16.5. The number of nitrogens with one attached hydrogen (secondary N) is 1. The van der Waals surface area contributed by atoms with Crippen LogP contribution in [0.3, 0.4) is 0 Å². The van der Waals surface area contributed by atoms with Gasteiger partial charge in [0.05, 0.1) is 12.7 Å². The minimum atomic E-state index is 0.265. The molecule has 3 rings (SSSR count). The van der Waals surface area contributed by atoms with Crippen LogP contribution in [0.5, 0.6) is 0 Å². The first-order valence-corrected chi connectivity index (χ1v) is 8.27. The lowest BCUT2D eigenvalue weighted by Gasteiger charge is -2.40. The van der Waals surface area contributed by atoms with Crippen LogP contribution >= 0.6 is 0 Å². The van der Waals surface area contributed by atoms with Crippen molar-refractivity contribution in [2.75, 3.05) is 33.3 Å². The first-order chi connectivity index (χ1) is 10.3. The SMILES string of the molecule is CCNC(C1CN(C)CCO1)C1CCCc2cccnc21. The molecule has 4 nitrogen and oxygen atoms in total. The molecule has 0 radical (unpaired) electrons. The summed E-state index contributed by atoms with van der Waals surface area (Å²) in [4.78, 5) is 7.08. The zero-order valence-corrected chi connectivity index (χ0v) is 13.2. The van der Waals surface area contributed by atoms with E-state index in [1.165, 1.54) is 30.5 Å². The zero-order chi connectivity index (χ0) is 14.7. The van der Waals surface area contributed by atoms with Crippen molar-refractivity contribution in [2.24, 2.45) is 0 Å². The lowest BCUT2D eigenvalue weighted by atomic mass is 9.79. The van der Waals surface area contributed by atoms with Crippen molar-refractivity contribution in [3.8, 4) is 0 Å². The van der Waals surface area contributed by atoms with Crippen LogP contribution in [0.4, 0.5) is 0 Å². The van der Waals surface area contributed by atoms with E-state index < -0.39 is 0 Å². The molecule has 0 spiro atoms. The first-order valence-electron chi connectivity index (χ1n) is 8.27. The Bertz CT molecular complexity index is 465. The highest BCUT2D eigenvalue weighted by molar-refractivity contribution is 5.28. The predicted molar refractivity (Wildman–Crippen MR) is 84.6 cm³/mol. The van der Waals surface area contributed by atoms with Gasteiger partial charge < -0.3 is 15.0 Å². The molecule has 116 valence electrons. The summed E-state index contributed by atoms with van der Waals surface area (Å²) in [6.45, 7) is 6.05. The Hall–Kier alpha value is -0.970. The molecule has 21 heavy (non-hydrogen) atoms. The van der Waals surface area contributed by atoms with E-state index in [2.05, 4.69) is 36.3 Å². The smallest absolute Gasteiger partial charge is 0.0861 e. The highest BCUT2D eigenvalue weighted by Gasteiger charge is 2.36. The molecule has 1 saturated heterocycles. The molecule has 1 aromatic heterocycles. The van der Waals surface area contributed by atoms with E-state index in [0.29, 0.717) is 12.0 Å². The lowest BCUT2D eigenvalue weighted by Crippen LogP contribution is -2.54. The highest BCUT2D eigenvalue weighted by Crippen LogP contribution is 2.34. The second-order valence-electron chi connectivity index (χ2n) is 6.30. The van der Waals surface area contributed by atoms with Gasteiger partial charge in [0.25, 0.3) is 0 Å². The summed E-state index contributed by atoms with van der Waals surface area (Å²) < 4.78 is 6.10. The molecule has 1 N–H and O–H groups in total. The number of ether oxygens (including phenoxy) is 1. The molecule has 0 aromatic carbocycles. The number of pyridine rings is 1. The van der Waals surface area contributed by atoms with E-state index >= 15 is 0 Å². The normalized spacial score (nSPS) is 28.1. The van der Waals surface area contributed by atoms with Crippen LogP contribution in [0.2, 0.25) is 0 Å². The van der Waals surface area contributed by atoms with E-state index in [9.17, 15) is 0 Å². The number of hydrogen-bond donors (Lipinski definition) is 1. The fourth-order valence-corrected chi connectivity index (χ4v) is 3.79. The second kappa shape index (κ2) is 6.86. The Morgan fingerprint density at radius 1 is 1.52 bits per heavy atom. The molecular weight excluding hydrogens is 262 g/mol. The third-order valence-electron chi connectivity index (χ3n) is 4.81. The predicted octanol–water partition coefficient (Wildman–Crippen LogP) is 1.81. The maximum atomic E-state index is 6.10. The van der Waals surface area contributed by atoms with Gasteiger partial charge in [0.2, 0.25) is 0 Å². The van der Waals surface area contributed by atoms with Crippen LogP contribution in [-0.4, -0.2) is 55.3 Å². The van der Waals surface area contributed by atoms with Gasteiger partial charge in [-0.3, -0.25) is 4.98 Å². The number of morpholine rings is 1. The molecule has 1 aromatic rings. The Morgan fingerprint density at radius 2 is 2.43 bits per heavy atom. The van der Waals surface area contributed by atoms with Crippen LogP contribution in [0.25, 0.3) is 0 Å². The maximum absolute atomic E-state index is 6.10. The minimum absolute atomic E-state index is 0.265. The number of fused-ring (bicyclic) bond motifs is 1. The quantitative estimate of drug-likeness (QED) is 0.917. The van der Waals surface area contributed by atoms with Gasteiger partial charge in [-0.1, -0.05) is 13.0 Å². The molecule has 3 unspecified atom stereocenters. The number of aryl methyl sites for hydroxylation is 1. The molecule has 1 aliphatic heterocycles. The van der Waals surface area contributed by atoms with Gasteiger partial charge in [0, 0.05) is 36.9 Å². The molecule has 2 heterocycles. The standard InChI is InChI=1S/C17H27N3O/c1-3-18-17(15-12-20(2)10-11-21-15)14-8-4-6-13-7-5-9-19-16(13)14/h5,7,9,14-15,17-18H,3-4,6,8,10-12H2,1-2H3. The molecule has 1 aliphatic carbocycles. The Kier molecular flexibility index (Phi) is 4.88. The van der Waals surface area contributed by atoms with Crippen LogP contribution in [0.1, 0.15) is 36.9 Å². The number of rotatable bonds is 4. The van der Waals surface area contributed by atoms with Crippen LogP contribution in [-0.2, 0) is 11.2 Å². The van der Waals surface area contributed by atoms with Gasteiger partial charge in [-0.05, 0) is 44.5 Å². The number of likely N-dealkylation sites (N-methyl/N-ethyl adjacent to an activating group) is 2. The molecular formula is C17H27N3O. The third kappa shape index (κ3) is 3.28. The van der Waals surface area contributed by atoms with Crippen LogP contribution < -0.4 is 5.32 Å². The van der Waals surface area contributed by atoms with Gasteiger partial charge in [0.15, 0.2) is 0 Å². The van der Waals surface area contributed by atoms with Gasteiger partial charge in [-0.15, -0.1) is 0 Å². The topological polar surface area (TPSA) is 37.4 Å². The molecule has 3 atom stereocenters. The van der Waals surface area contributed by atoms with Crippen LogP contribution in [0, 0.1) is 0 Å². The Morgan fingerprint density at radius 3 is 3.24 bits per heavy atom. The van der Waals surface area contributed by atoms with Crippen molar-refractivity contribution in [3.63, 3.8) is 0 Å². The first kappa shape index (κ1) is 14.9. The van der Waals surface area contributed by atoms with Crippen LogP contribution in [0.15, 0.2) is 18.3 Å². The molecule has 0 amide bonds. The van der Waals surface area contributed by atoms with E-state index in [-0.39, 0.29) is 6.10 Å². The van der Waals surface area contributed by atoms with E-state index in [1.54, 1.807) is 0 Å². The average molecular weight is 289 g/mol. The molecule has 0 bridgehead atoms. The number of nitrogens with zero attached hydrogens (tertiary/aromatic N) is 2. The summed E-state index contributed by atoms with van der Waals surface area (Å²) >= 11 is 0. The summed E-state index contributed by atoms with van der Waals surface area (Å²) in [6.07, 6.45) is 5.85. The minimum Gasteiger partial charge on any atom is -0.374 e. The van der Waals surface area contributed by atoms with Gasteiger partial charge in [-0.25, -0.2) is 0 Å². The van der Waals surface area contributed by atoms with E-state index in [4.69, 9.17) is 9.72 Å². The van der Waals surface area contributed by atoms with E-state index in [1.807, 2.05) is 6.20 Å². The monoisotopic (exact) mass is 289 g/mol. The average Bonchev–Trinajstić information content (AvgIpc) is 2.52. The maximum Gasteiger partial charge on any atom is 0.0861 e. The Balaban J connectivity index is 1.84. The van der Waals surface area contributed by atoms with Gasteiger partial charge in [-0.2, -0.15) is 0 Å². The van der Waals surface area contributed by atoms with Crippen molar-refractivity contribution in [2.45, 2.75) is 44.2 Å². The third-order valence-corrected chi connectivity index (χ3v) is 4.81. The fraction of sp³-hybridized carbons (Fsp3) is 0.706. The fourth-order valence-electron chi connectivity index (χ4n) is 3.79. The molecule has 1 fully saturated rings. The zero-order valence-electron chi connectivity index (χ0n) is 13.2. The lowest BCUT2D eigenvalue weighted by molar-refractivity contribution is -0.0442. The Labute approximate surface area is 127 Å². The molecule has 4 heteroatoms. The van der Waals surface area contributed by atoms with Crippen molar-refractivity contribution in [1.29, 1.82) is 0 Å². The number of aromatic nitrogens is 1. The second-order valence-corrected chi connectivity index (χ2v) is 6.30. The van der Waals surface area contributed by atoms with Crippen molar-refractivity contribution >= 4 is 0 Å². The molecule has 2 aliphatic rings. The molecule has 0 saturated carbocycles.